The highest BCUT2D eigenvalue weighted by Gasteiger charge is 2.14. The lowest BCUT2D eigenvalue weighted by molar-refractivity contribution is -0.384. The number of amides is 1. The summed E-state index contributed by atoms with van der Waals surface area (Å²) >= 11 is 12.9. The number of nitro benzene ring substituents is 1. The number of benzene rings is 3. The van der Waals surface area contributed by atoms with E-state index in [1.54, 1.807) is 24.3 Å². The molecule has 0 heterocycles. The van der Waals surface area contributed by atoms with Crippen LogP contribution in [0.2, 0.25) is 5.02 Å². The van der Waals surface area contributed by atoms with E-state index in [2.05, 4.69) is 37.2 Å². The summed E-state index contributed by atoms with van der Waals surface area (Å²) < 4.78 is 7.10. The van der Waals surface area contributed by atoms with Gasteiger partial charge in [-0.15, -0.1) is 0 Å². The highest BCUT2D eigenvalue weighted by Crippen LogP contribution is 2.36. The van der Waals surface area contributed by atoms with E-state index in [1.807, 2.05) is 18.2 Å². The van der Waals surface area contributed by atoms with Gasteiger partial charge in [-0.3, -0.25) is 14.9 Å². The Morgan fingerprint density at radius 3 is 2.48 bits per heavy atom. The van der Waals surface area contributed by atoms with E-state index in [9.17, 15) is 20.2 Å². The number of hydrogen-bond donors (Lipinski definition) is 1. The van der Waals surface area contributed by atoms with E-state index in [1.165, 1.54) is 30.3 Å². The molecule has 0 saturated carbocycles. The zero-order chi connectivity index (χ0) is 24.0. The molecule has 7 nitrogen and oxygen atoms in total. The first-order chi connectivity index (χ1) is 15.8. The number of carbonyl (C=O) groups is 1. The van der Waals surface area contributed by atoms with Crippen LogP contribution in [-0.4, -0.2) is 10.8 Å². The summed E-state index contributed by atoms with van der Waals surface area (Å²) in [6.07, 6.45) is 1.41. The monoisotopic (exact) mass is 589 g/mol. The average Bonchev–Trinajstić information content (AvgIpc) is 2.77. The first-order valence-electron chi connectivity index (χ1n) is 9.30. The van der Waals surface area contributed by atoms with Crippen LogP contribution in [0.1, 0.15) is 11.1 Å². The van der Waals surface area contributed by atoms with Gasteiger partial charge in [-0.25, -0.2) is 0 Å². The second kappa shape index (κ2) is 11.1. The Balaban J connectivity index is 1.78. The summed E-state index contributed by atoms with van der Waals surface area (Å²) in [6, 6.07) is 18.0. The average molecular weight is 592 g/mol. The van der Waals surface area contributed by atoms with Crippen molar-refractivity contribution in [3.05, 3.63) is 101 Å². The van der Waals surface area contributed by atoms with E-state index in [-0.39, 0.29) is 16.9 Å². The largest absolute Gasteiger partial charge is 0.487 e. The molecule has 0 aromatic heterocycles. The topological polar surface area (TPSA) is 105 Å². The van der Waals surface area contributed by atoms with E-state index < -0.39 is 10.8 Å². The molecule has 0 atom stereocenters. The van der Waals surface area contributed by atoms with Crippen LogP contribution in [0.4, 0.5) is 11.4 Å². The number of nitrogens with zero attached hydrogens (tertiary/aromatic N) is 2. The Labute approximate surface area is 211 Å². The second-order valence-electron chi connectivity index (χ2n) is 6.66. The minimum absolute atomic E-state index is 0.170. The minimum atomic E-state index is -0.688. The number of ether oxygens (including phenoxy) is 1. The number of nitrogens with one attached hydrogen (secondary N) is 1. The molecular weight excluding hydrogens is 578 g/mol. The fourth-order valence-corrected chi connectivity index (χ4v) is 4.46. The molecule has 3 rings (SSSR count). The van der Waals surface area contributed by atoms with Gasteiger partial charge in [0, 0.05) is 22.8 Å². The van der Waals surface area contributed by atoms with Crippen molar-refractivity contribution < 1.29 is 14.5 Å². The van der Waals surface area contributed by atoms with Crippen molar-refractivity contribution in [3.8, 4) is 11.8 Å². The zero-order valence-electron chi connectivity index (χ0n) is 16.7. The fourth-order valence-electron chi connectivity index (χ4n) is 2.79. The van der Waals surface area contributed by atoms with Crippen LogP contribution in [0.5, 0.6) is 5.75 Å². The van der Waals surface area contributed by atoms with E-state index >= 15 is 0 Å². The first kappa shape index (κ1) is 24.5. The van der Waals surface area contributed by atoms with Crippen LogP contribution in [0.25, 0.3) is 6.08 Å². The van der Waals surface area contributed by atoms with Crippen LogP contribution < -0.4 is 10.1 Å². The number of nitro groups is 1. The smallest absolute Gasteiger partial charge is 0.271 e. The van der Waals surface area contributed by atoms with Crippen LogP contribution in [0, 0.1) is 21.4 Å². The molecule has 3 aromatic rings. The molecule has 1 N–H and O–H groups in total. The summed E-state index contributed by atoms with van der Waals surface area (Å²) in [7, 11) is 0. The molecule has 3 aromatic carbocycles. The van der Waals surface area contributed by atoms with Gasteiger partial charge in [0.05, 0.1) is 13.9 Å². The number of rotatable bonds is 7. The molecule has 0 spiro atoms. The Kier molecular flexibility index (Phi) is 8.22. The predicted octanol–water partition coefficient (Wildman–Crippen LogP) is 6.90. The molecule has 1 amide bonds. The summed E-state index contributed by atoms with van der Waals surface area (Å²) in [5, 5.41) is 23.5. The molecule has 10 heteroatoms. The highest BCUT2D eigenvalue weighted by atomic mass is 79.9. The summed E-state index contributed by atoms with van der Waals surface area (Å²) in [5.74, 6) is -0.141. The van der Waals surface area contributed by atoms with Crippen molar-refractivity contribution in [1.82, 2.24) is 0 Å². The van der Waals surface area contributed by atoms with Gasteiger partial charge in [-0.05, 0) is 79.4 Å². The Hall–Kier alpha value is -3.19. The third-order valence-corrected chi connectivity index (χ3v) is 5.70. The number of nitriles is 1. The maximum atomic E-state index is 12.5. The van der Waals surface area contributed by atoms with Crippen molar-refractivity contribution in [2.75, 3.05) is 5.32 Å². The van der Waals surface area contributed by atoms with Gasteiger partial charge in [0.1, 0.15) is 24.0 Å². The van der Waals surface area contributed by atoms with Gasteiger partial charge in [-0.1, -0.05) is 29.8 Å². The number of carbonyl (C=O) groups excluding carboxylic acids is 1. The normalized spacial score (nSPS) is 10.9. The lowest BCUT2D eigenvalue weighted by atomic mass is 10.1. The lowest BCUT2D eigenvalue weighted by Crippen LogP contribution is -2.13. The van der Waals surface area contributed by atoms with Crippen molar-refractivity contribution in [2.24, 2.45) is 0 Å². The van der Waals surface area contributed by atoms with Gasteiger partial charge < -0.3 is 10.1 Å². The van der Waals surface area contributed by atoms with Crippen molar-refractivity contribution >= 4 is 66.8 Å². The molecule has 0 aliphatic heterocycles. The fraction of sp³-hybridized carbons (Fsp3) is 0.0435. The molecule has 0 fully saturated rings. The summed E-state index contributed by atoms with van der Waals surface area (Å²) in [4.78, 5) is 22.9. The van der Waals surface area contributed by atoms with Crippen LogP contribution in [0.3, 0.4) is 0 Å². The molecule has 33 heavy (non-hydrogen) atoms. The van der Waals surface area contributed by atoms with Crippen molar-refractivity contribution in [1.29, 1.82) is 5.26 Å². The van der Waals surface area contributed by atoms with Gasteiger partial charge >= 0.3 is 0 Å². The minimum Gasteiger partial charge on any atom is -0.487 e. The van der Waals surface area contributed by atoms with Gasteiger partial charge in [0.15, 0.2) is 0 Å². The molecule has 0 aliphatic carbocycles. The third-order valence-electron chi connectivity index (χ3n) is 4.28. The lowest BCUT2D eigenvalue weighted by Gasteiger charge is -2.12. The quantitative estimate of drug-likeness (QED) is 0.139. The molecule has 0 radical (unpaired) electrons. The standard InChI is InChI=1S/C23H14Br2ClN3O4/c24-20-9-15(10-21(25)22(20)33-13-14-3-1-4-17(26)8-14)7-16(12-27)23(30)28-18-5-2-6-19(11-18)29(31)32/h1-11H,13H2,(H,28,30)/b16-7+. The Morgan fingerprint density at radius 2 is 1.85 bits per heavy atom. The van der Waals surface area contributed by atoms with Gasteiger partial charge in [0.25, 0.3) is 11.6 Å². The van der Waals surface area contributed by atoms with Crippen molar-refractivity contribution in [3.63, 3.8) is 0 Å². The highest BCUT2D eigenvalue weighted by molar-refractivity contribution is 9.11. The van der Waals surface area contributed by atoms with Crippen molar-refractivity contribution in [2.45, 2.75) is 6.61 Å². The number of non-ortho nitro benzene ring substituents is 1. The molecule has 0 unspecified atom stereocenters. The van der Waals surface area contributed by atoms with E-state index in [4.69, 9.17) is 16.3 Å². The van der Waals surface area contributed by atoms with Crippen LogP contribution >= 0.6 is 43.5 Å². The zero-order valence-corrected chi connectivity index (χ0v) is 20.6. The van der Waals surface area contributed by atoms with E-state index in [0.29, 0.717) is 31.9 Å². The number of halogens is 3. The summed E-state index contributed by atoms with van der Waals surface area (Å²) in [6.45, 7) is 0.294. The SMILES string of the molecule is N#C/C(=C\c1cc(Br)c(OCc2cccc(Cl)c2)c(Br)c1)C(=O)Nc1cccc([N+](=O)[O-])c1. The Bertz CT molecular complexity index is 1280. The van der Waals surface area contributed by atoms with Gasteiger partial charge in [0.2, 0.25) is 0 Å². The van der Waals surface area contributed by atoms with Crippen LogP contribution in [0.15, 0.2) is 75.2 Å². The molecular formula is C23H14Br2ClN3O4. The van der Waals surface area contributed by atoms with E-state index in [0.717, 1.165) is 5.56 Å². The van der Waals surface area contributed by atoms with Crippen LogP contribution in [-0.2, 0) is 11.4 Å². The summed E-state index contributed by atoms with van der Waals surface area (Å²) in [5.41, 5.74) is 1.33. The maximum Gasteiger partial charge on any atom is 0.271 e. The third kappa shape index (κ3) is 6.65. The van der Waals surface area contributed by atoms with Gasteiger partial charge in [-0.2, -0.15) is 5.26 Å². The first-order valence-corrected chi connectivity index (χ1v) is 11.3. The maximum absolute atomic E-state index is 12.5. The molecule has 0 bridgehead atoms. The molecule has 166 valence electrons. The predicted molar refractivity (Wildman–Crippen MR) is 133 cm³/mol. The Morgan fingerprint density at radius 1 is 1.15 bits per heavy atom. The number of hydrogen-bond acceptors (Lipinski definition) is 5. The molecule has 0 saturated heterocycles. The second-order valence-corrected chi connectivity index (χ2v) is 8.81. The molecule has 0 aliphatic rings. The number of anilines is 1.